The zero-order chi connectivity index (χ0) is 16.6. The number of aryl methyl sites for hydroxylation is 1. The highest BCUT2D eigenvalue weighted by Gasteiger charge is 2.51. The van der Waals surface area contributed by atoms with Crippen LogP contribution in [-0.2, 0) is 11.2 Å². The minimum Gasteiger partial charge on any atom is -0.323 e. The molecular weight excluding hydrogens is 312 g/mol. The minimum absolute atomic E-state index is 0.104. The third kappa shape index (κ3) is 2.99. The van der Waals surface area contributed by atoms with E-state index >= 15 is 0 Å². The second-order valence-corrected chi connectivity index (χ2v) is 7.69. The lowest BCUT2D eigenvalue weighted by Gasteiger charge is -2.39. The molecule has 0 radical (unpaired) electrons. The molecule has 1 aromatic heterocycles. The van der Waals surface area contributed by atoms with E-state index in [4.69, 9.17) is 0 Å². The molecule has 126 valence electrons. The number of nitrogens with one attached hydrogen (secondary N) is 1. The Morgan fingerprint density at radius 3 is 2.87 bits per heavy atom. The zero-order valence-corrected chi connectivity index (χ0v) is 14.8. The fourth-order valence-electron chi connectivity index (χ4n) is 3.63. The quantitative estimate of drug-likeness (QED) is 0.849. The van der Waals surface area contributed by atoms with Gasteiger partial charge in [0.2, 0.25) is 0 Å². The van der Waals surface area contributed by atoms with Crippen LogP contribution in [0.25, 0.3) is 0 Å². The molecule has 1 N–H and O–H groups in total. The van der Waals surface area contributed by atoms with Crippen LogP contribution in [0.2, 0.25) is 0 Å². The molecule has 6 nitrogen and oxygen atoms in total. The predicted octanol–water partition coefficient (Wildman–Crippen LogP) is 1.65. The van der Waals surface area contributed by atoms with Crippen molar-refractivity contribution < 1.29 is 9.59 Å². The molecule has 0 bridgehead atoms. The van der Waals surface area contributed by atoms with Crippen LogP contribution in [0.3, 0.4) is 0 Å². The monoisotopic (exact) mass is 336 g/mol. The van der Waals surface area contributed by atoms with Gasteiger partial charge in [0.1, 0.15) is 5.54 Å². The number of urea groups is 1. The van der Waals surface area contributed by atoms with E-state index in [-0.39, 0.29) is 17.9 Å². The number of imide groups is 1. The van der Waals surface area contributed by atoms with Crippen molar-refractivity contribution in [1.82, 2.24) is 20.1 Å². The van der Waals surface area contributed by atoms with Crippen LogP contribution in [0.4, 0.5) is 4.79 Å². The van der Waals surface area contributed by atoms with Crippen LogP contribution < -0.4 is 5.32 Å². The molecule has 2 atom stereocenters. The average Bonchev–Trinajstić information content (AvgIpc) is 3.04. The van der Waals surface area contributed by atoms with E-state index in [1.165, 1.54) is 9.78 Å². The first kappa shape index (κ1) is 16.4. The molecule has 0 aliphatic carbocycles. The van der Waals surface area contributed by atoms with E-state index in [1.54, 1.807) is 18.4 Å². The summed E-state index contributed by atoms with van der Waals surface area (Å²) < 4.78 is 0. The number of carbonyl (C=O) groups excluding carboxylic acids is 2. The van der Waals surface area contributed by atoms with Crippen LogP contribution in [0.15, 0.2) is 5.51 Å². The molecule has 2 aliphatic heterocycles. The number of nitrogens with zero attached hydrogens (tertiary/aromatic N) is 3. The van der Waals surface area contributed by atoms with Crippen molar-refractivity contribution in [3.63, 3.8) is 0 Å². The van der Waals surface area contributed by atoms with Crippen molar-refractivity contribution in [2.45, 2.75) is 38.6 Å². The van der Waals surface area contributed by atoms with Crippen molar-refractivity contribution in [1.29, 1.82) is 0 Å². The Bertz CT molecular complexity index is 617. The lowest BCUT2D eigenvalue weighted by molar-refractivity contribution is -0.132. The lowest BCUT2D eigenvalue weighted by Crippen LogP contribution is -2.55. The van der Waals surface area contributed by atoms with Gasteiger partial charge in [0.15, 0.2) is 0 Å². The van der Waals surface area contributed by atoms with Gasteiger partial charge in [0.05, 0.1) is 11.2 Å². The fraction of sp³-hybridized carbons (Fsp3) is 0.688. The normalized spacial score (nSPS) is 29.2. The van der Waals surface area contributed by atoms with Crippen molar-refractivity contribution in [3.8, 4) is 0 Å². The lowest BCUT2D eigenvalue weighted by atomic mass is 9.80. The van der Waals surface area contributed by atoms with Crippen molar-refractivity contribution >= 4 is 23.3 Å². The number of hydrogen-bond donors (Lipinski definition) is 1. The summed E-state index contributed by atoms with van der Waals surface area (Å²) in [5.41, 5.74) is 2.26. The second kappa shape index (κ2) is 6.20. The van der Waals surface area contributed by atoms with Gasteiger partial charge in [-0.2, -0.15) is 0 Å². The summed E-state index contributed by atoms with van der Waals surface area (Å²) in [5.74, 6) is 0.0628. The van der Waals surface area contributed by atoms with Crippen molar-refractivity contribution in [2.75, 3.05) is 26.7 Å². The molecule has 2 aliphatic rings. The van der Waals surface area contributed by atoms with Gasteiger partial charge in [-0.1, -0.05) is 0 Å². The molecule has 3 heterocycles. The van der Waals surface area contributed by atoms with Gasteiger partial charge >= 0.3 is 6.03 Å². The minimum atomic E-state index is -0.759. The number of rotatable bonds is 4. The molecule has 23 heavy (non-hydrogen) atoms. The Hall–Kier alpha value is -1.47. The Balaban J connectivity index is 1.63. The smallest absolute Gasteiger partial charge is 0.323 e. The maximum Gasteiger partial charge on any atom is 0.324 e. The zero-order valence-electron chi connectivity index (χ0n) is 14.0. The van der Waals surface area contributed by atoms with Gasteiger partial charge in [-0.25, -0.2) is 9.78 Å². The summed E-state index contributed by atoms with van der Waals surface area (Å²) in [4.78, 5) is 33.5. The number of likely N-dealkylation sites (tertiary alicyclic amines) is 1. The molecule has 0 saturated carbocycles. The Labute approximate surface area is 140 Å². The highest BCUT2D eigenvalue weighted by molar-refractivity contribution is 7.09. The maximum atomic E-state index is 12.5. The number of likely N-dealkylation sites (N-methyl/N-ethyl adjacent to an activating group) is 1. The molecule has 2 fully saturated rings. The SMILES string of the molecule is Cc1ncsc1CCN1CCC[C@H]([C@]2(C)NC(=O)N(C)C2=O)C1. The Morgan fingerprint density at radius 1 is 1.48 bits per heavy atom. The molecule has 0 aromatic carbocycles. The van der Waals surface area contributed by atoms with Gasteiger partial charge in [0.25, 0.3) is 5.91 Å². The number of carbonyl (C=O) groups is 2. The summed E-state index contributed by atoms with van der Waals surface area (Å²) in [6, 6.07) is -0.282. The van der Waals surface area contributed by atoms with Crippen LogP contribution in [0.5, 0.6) is 0 Å². The van der Waals surface area contributed by atoms with E-state index in [0.717, 1.165) is 44.6 Å². The van der Waals surface area contributed by atoms with Gasteiger partial charge in [0, 0.05) is 30.9 Å². The van der Waals surface area contributed by atoms with E-state index in [9.17, 15) is 9.59 Å². The van der Waals surface area contributed by atoms with Gasteiger partial charge in [-0.15, -0.1) is 11.3 Å². The predicted molar refractivity (Wildman–Crippen MR) is 89.4 cm³/mol. The largest absolute Gasteiger partial charge is 0.324 e. The first-order valence-electron chi connectivity index (χ1n) is 8.13. The van der Waals surface area contributed by atoms with Crippen molar-refractivity contribution in [2.24, 2.45) is 5.92 Å². The molecule has 0 unspecified atom stereocenters. The number of thiazole rings is 1. The fourth-order valence-corrected chi connectivity index (χ4v) is 4.40. The van der Waals surface area contributed by atoms with Crippen LogP contribution in [-0.4, -0.2) is 58.9 Å². The number of aromatic nitrogens is 1. The standard InChI is InChI=1S/C16H24N4O2S/c1-11-13(23-10-17-11)6-8-20-7-4-5-12(9-20)16(2)14(21)19(3)15(22)18-16/h10,12H,4-9H2,1-3H3,(H,18,22)/t12-,16-/m0/s1. The van der Waals surface area contributed by atoms with Gasteiger partial charge < -0.3 is 10.2 Å². The molecule has 7 heteroatoms. The molecule has 3 rings (SSSR count). The summed E-state index contributed by atoms with van der Waals surface area (Å²) in [6.45, 7) is 6.82. The first-order valence-corrected chi connectivity index (χ1v) is 9.01. The highest BCUT2D eigenvalue weighted by Crippen LogP contribution is 2.32. The summed E-state index contributed by atoms with van der Waals surface area (Å²) >= 11 is 1.71. The number of amides is 3. The molecular formula is C16H24N4O2S. The summed E-state index contributed by atoms with van der Waals surface area (Å²) in [7, 11) is 1.55. The first-order chi connectivity index (χ1) is 10.9. The average molecular weight is 336 g/mol. The van der Waals surface area contributed by atoms with Crippen molar-refractivity contribution in [3.05, 3.63) is 16.1 Å². The van der Waals surface area contributed by atoms with Gasteiger partial charge in [-0.3, -0.25) is 9.69 Å². The Kier molecular flexibility index (Phi) is 4.42. The number of piperidine rings is 1. The van der Waals surface area contributed by atoms with Crippen LogP contribution in [0, 0.1) is 12.8 Å². The van der Waals surface area contributed by atoms with Gasteiger partial charge in [-0.05, 0) is 39.7 Å². The van der Waals surface area contributed by atoms with E-state index in [0.29, 0.717) is 0 Å². The van der Waals surface area contributed by atoms with Crippen LogP contribution >= 0.6 is 11.3 Å². The third-order valence-electron chi connectivity index (χ3n) is 5.24. The maximum absolute atomic E-state index is 12.5. The van der Waals surface area contributed by atoms with E-state index < -0.39 is 5.54 Å². The Morgan fingerprint density at radius 2 is 2.26 bits per heavy atom. The second-order valence-electron chi connectivity index (χ2n) is 6.75. The number of hydrogen-bond acceptors (Lipinski definition) is 5. The molecule has 3 amide bonds. The van der Waals surface area contributed by atoms with Crippen LogP contribution in [0.1, 0.15) is 30.3 Å². The molecule has 2 saturated heterocycles. The molecule has 0 spiro atoms. The summed E-state index contributed by atoms with van der Waals surface area (Å²) in [5, 5.41) is 2.90. The third-order valence-corrected chi connectivity index (χ3v) is 6.24. The molecule has 1 aromatic rings. The van der Waals surface area contributed by atoms with E-state index in [1.807, 2.05) is 12.4 Å². The topological polar surface area (TPSA) is 65.5 Å². The summed E-state index contributed by atoms with van der Waals surface area (Å²) in [6.07, 6.45) is 3.04. The van der Waals surface area contributed by atoms with E-state index in [2.05, 4.69) is 22.1 Å². The highest BCUT2D eigenvalue weighted by atomic mass is 32.1.